The van der Waals surface area contributed by atoms with E-state index in [1.165, 1.54) is 32.0 Å². The van der Waals surface area contributed by atoms with Crippen LogP contribution >= 0.6 is 23.2 Å². The minimum atomic E-state index is -2.66. The third kappa shape index (κ3) is 6.36. The minimum absolute atomic E-state index is 0.00801. The van der Waals surface area contributed by atoms with Crippen LogP contribution in [0.5, 0.6) is 0 Å². The number of nitrogens with zero attached hydrogens (tertiary/aromatic N) is 2. The van der Waals surface area contributed by atoms with E-state index in [0.29, 0.717) is 5.56 Å². The number of carbonyl (C=O) groups excluding carboxylic acids is 4. The van der Waals surface area contributed by atoms with E-state index in [1.54, 1.807) is 30.3 Å². The Morgan fingerprint density at radius 1 is 0.970 bits per heavy atom. The molecular weight excluding hydrogens is 473 g/mol. The number of halogens is 2. The zero-order valence-corrected chi connectivity index (χ0v) is 19.4. The van der Waals surface area contributed by atoms with E-state index in [4.69, 9.17) is 32.7 Å². The summed E-state index contributed by atoms with van der Waals surface area (Å²) >= 11 is 11.6. The molecule has 0 heterocycles. The lowest BCUT2D eigenvalue weighted by molar-refractivity contribution is -0.167. The fourth-order valence-corrected chi connectivity index (χ4v) is 2.89. The Hall–Kier alpha value is -3.30. The molecule has 0 spiro atoms. The van der Waals surface area contributed by atoms with Gasteiger partial charge in [-0.15, -0.1) is 16.7 Å². The second-order valence-electron chi connectivity index (χ2n) is 6.39. The predicted octanol–water partition coefficient (Wildman–Crippen LogP) is 3.83. The molecule has 174 valence electrons. The summed E-state index contributed by atoms with van der Waals surface area (Å²) in [7, 11) is 0. The van der Waals surface area contributed by atoms with Crippen molar-refractivity contribution >= 4 is 52.5 Å². The predicted molar refractivity (Wildman–Crippen MR) is 121 cm³/mol. The lowest BCUT2D eigenvalue weighted by Gasteiger charge is -2.24. The molecule has 11 heteroatoms. The Bertz CT molecular complexity index is 1040. The highest BCUT2D eigenvalue weighted by atomic mass is 35.5. The molecule has 0 atom stereocenters. The zero-order chi connectivity index (χ0) is 24.4. The maximum atomic E-state index is 13.0. The average Bonchev–Trinajstić information content (AvgIpc) is 2.82. The SMILES string of the molecule is CCOC(=O)C(/N=N/c1ccc(Cl)cc1C(=O)c1ccccc1)(NC(=O)CCl)C(=O)OCC. The van der Waals surface area contributed by atoms with Gasteiger partial charge in [0.05, 0.1) is 24.5 Å². The van der Waals surface area contributed by atoms with Crippen LogP contribution in [0.15, 0.2) is 58.8 Å². The molecule has 9 nitrogen and oxygen atoms in total. The molecule has 0 bridgehead atoms. The summed E-state index contributed by atoms with van der Waals surface area (Å²) < 4.78 is 9.87. The van der Waals surface area contributed by atoms with Crippen molar-refractivity contribution < 1.29 is 28.7 Å². The van der Waals surface area contributed by atoms with E-state index in [1.807, 2.05) is 0 Å². The van der Waals surface area contributed by atoms with Crippen LogP contribution in [-0.2, 0) is 23.9 Å². The normalized spacial score (nSPS) is 11.2. The van der Waals surface area contributed by atoms with Gasteiger partial charge in [-0.05, 0) is 32.0 Å². The highest BCUT2D eigenvalue weighted by molar-refractivity contribution is 6.31. The third-order valence-corrected chi connectivity index (χ3v) is 4.61. The van der Waals surface area contributed by atoms with Gasteiger partial charge in [0.1, 0.15) is 5.88 Å². The number of nitrogens with one attached hydrogen (secondary N) is 1. The smallest absolute Gasteiger partial charge is 0.369 e. The van der Waals surface area contributed by atoms with Crippen LogP contribution in [0.1, 0.15) is 29.8 Å². The first-order chi connectivity index (χ1) is 15.8. The van der Waals surface area contributed by atoms with Gasteiger partial charge in [-0.25, -0.2) is 9.59 Å². The highest BCUT2D eigenvalue weighted by Crippen LogP contribution is 2.28. The maximum absolute atomic E-state index is 13.0. The van der Waals surface area contributed by atoms with Gasteiger partial charge < -0.3 is 14.8 Å². The van der Waals surface area contributed by atoms with Crippen molar-refractivity contribution in [2.24, 2.45) is 10.2 Å². The van der Waals surface area contributed by atoms with Crippen molar-refractivity contribution in [3.8, 4) is 0 Å². The number of hydrogen-bond acceptors (Lipinski definition) is 8. The zero-order valence-electron chi connectivity index (χ0n) is 17.8. The number of esters is 2. The van der Waals surface area contributed by atoms with Gasteiger partial charge in [0.25, 0.3) is 0 Å². The molecule has 0 aliphatic carbocycles. The lowest BCUT2D eigenvalue weighted by atomic mass is 10.0. The second-order valence-corrected chi connectivity index (χ2v) is 7.09. The molecule has 0 aliphatic heterocycles. The van der Waals surface area contributed by atoms with Crippen molar-refractivity contribution in [1.29, 1.82) is 0 Å². The molecule has 0 unspecified atom stereocenters. The van der Waals surface area contributed by atoms with Gasteiger partial charge in [0.2, 0.25) is 5.91 Å². The Kier molecular flexibility index (Phi) is 9.50. The number of hydrogen-bond donors (Lipinski definition) is 1. The number of rotatable bonds is 10. The Balaban J connectivity index is 2.62. The topological polar surface area (TPSA) is 123 Å². The van der Waals surface area contributed by atoms with Crippen LogP contribution in [0.25, 0.3) is 0 Å². The molecule has 0 aliphatic rings. The van der Waals surface area contributed by atoms with E-state index < -0.39 is 35.2 Å². The summed E-state index contributed by atoms with van der Waals surface area (Å²) in [6, 6.07) is 12.5. The number of azo groups is 1. The second kappa shape index (κ2) is 12.1. The maximum Gasteiger partial charge on any atom is 0.369 e. The van der Waals surface area contributed by atoms with Gasteiger partial charge in [0.15, 0.2) is 5.78 Å². The minimum Gasteiger partial charge on any atom is -0.462 e. The molecule has 0 aromatic heterocycles. The van der Waals surface area contributed by atoms with Crippen molar-refractivity contribution in [1.82, 2.24) is 5.32 Å². The monoisotopic (exact) mass is 493 g/mol. The van der Waals surface area contributed by atoms with E-state index in [-0.39, 0.29) is 29.5 Å². The van der Waals surface area contributed by atoms with Crippen molar-refractivity contribution in [2.45, 2.75) is 19.5 Å². The quantitative estimate of drug-likeness (QED) is 0.176. The molecule has 1 amide bonds. The number of ether oxygens (including phenoxy) is 2. The lowest BCUT2D eigenvalue weighted by Crippen LogP contribution is -2.60. The van der Waals surface area contributed by atoms with Gasteiger partial charge in [0, 0.05) is 10.6 Å². The van der Waals surface area contributed by atoms with E-state index in [2.05, 4.69) is 15.5 Å². The molecule has 2 rings (SSSR count). The number of carbonyl (C=O) groups is 4. The van der Waals surface area contributed by atoms with Crippen LogP contribution in [0.4, 0.5) is 5.69 Å². The number of benzene rings is 2. The van der Waals surface area contributed by atoms with Crippen molar-refractivity contribution in [3.63, 3.8) is 0 Å². The molecule has 0 radical (unpaired) electrons. The van der Waals surface area contributed by atoms with Crippen LogP contribution in [0.3, 0.4) is 0 Å². The molecule has 0 fully saturated rings. The summed E-state index contributed by atoms with van der Waals surface area (Å²) in [5.41, 5.74) is -2.26. The summed E-state index contributed by atoms with van der Waals surface area (Å²) in [6.07, 6.45) is 0. The molecule has 1 N–H and O–H groups in total. The molecule has 2 aromatic rings. The number of alkyl halides is 1. The van der Waals surface area contributed by atoms with Crippen LogP contribution in [0.2, 0.25) is 5.02 Å². The molecule has 2 aromatic carbocycles. The summed E-state index contributed by atoms with van der Waals surface area (Å²) in [5, 5.41) is 10.1. The highest BCUT2D eigenvalue weighted by Gasteiger charge is 2.52. The molecule has 0 saturated heterocycles. The molecular formula is C22H21Cl2N3O6. The van der Waals surface area contributed by atoms with Gasteiger partial charge in [-0.1, -0.05) is 41.9 Å². The van der Waals surface area contributed by atoms with Gasteiger partial charge >= 0.3 is 17.6 Å². The Morgan fingerprint density at radius 2 is 1.58 bits per heavy atom. The molecule has 33 heavy (non-hydrogen) atoms. The standard InChI is InChI=1S/C22H21Cl2N3O6/c1-3-32-20(30)22(21(31)33-4-2,25-18(28)13-23)27-26-17-11-10-15(24)12-16(17)19(29)14-8-6-5-7-9-14/h5-12H,3-4,13H2,1-2H3,(H,25,28)/b27-26+. The number of amides is 1. The largest absolute Gasteiger partial charge is 0.462 e. The average molecular weight is 494 g/mol. The first-order valence-electron chi connectivity index (χ1n) is 9.82. The fourth-order valence-electron chi connectivity index (χ4n) is 2.65. The van der Waals surface area contributed by atoms with Crippen molar-refractivity contribution in [2.75, 3.05) is 19.1 Å². The van der Waals surface area contributed by atoms with Gasteiger partial charge in [-0.3, -0.25) is 9.59 Å². The third-order valence-electron chi connectivity index (χ3n) is 4.13. The Labute approximate surface area is 200 Å². The van der Waals surface area contributed by atoms with E-state index in [9.17, 15) is 19.2 Å². The number of ketones is 1. The van der Waals surface area contributed by atoms with Crippen LogP contribution < -0.4 is 5.32 Å². The summed E-state index contributed by atoms with van der Waals surface area (Å²) in [4.78, 5) is 50.5. The summed E-state index contributed by atoms with van der Waals surface area (Å²) in [5.74, 6) is -4.34. The van der Waals surface area contributed by atoms with Crippen molar-refractivity contribution in [3.05, 3.63) is 64.7 Å². The van der Waals surface area contributed by atoms with E-state index >= 15 is 0 Å². The van der Waals surface area contributed by atoms with E-state index in [0.717, 1.165) is 0 Å². The summed E-state index contributed by atoms with van der Waals surface area (Å²) in [6.45, 7) is 2.77. The van der Waals surface area contributed by atoms with Gasteiger partial charge in [-0.2, -0.15) is 5.11 Å². The first kappa shape index (κ1) is 26.0. The van der Waals surface area contributed by atoms with Crippen LogP contribution in [-0.4, -0.2) is 48.4 Å². The first-order valence-corrected chi connectivity index (χ1v) is 10.7. The fraction of sp³-hybridized carbons (Fsp3) is 0.273. The molecule has 0 saturated carbocycles. The Morgan fingerprint density at radius 3 is 2.12 bits per heavy atom. The van der Waals surface area contributed by atoms with Crippen LogP contribution in [0, 0.1) is 0 Å².